The Morgan fingerprint density at radius 1 is 0.844 bits per heavy atom. The van der Waals surface area contributed by atoms with Gasteiger partial charge in [0.25, 0.3) is 11.8 Å². The topological polar surface area (TPSA) is 66.5 Å². The maximum atomic E-state index is 13.4. The minimum Gasteiger partial charge on any atom is -0.273 e. The van der Waals surface area contributed by atoms with Crippen molar-refractivity contribution in [2.45, 2.75) is 6.92 Å². The monoisotopic (exact) mass is 484 g/mol. The number of aryl methyl sites for hydroxylation is 1. The Balaban J connectivity index is 1.71. The summed E-state index contributed by atoms with van der Waals surface area (Å²) >= 11 is 3.43. The van der Waals surface area contributed by atoms with Gasteiger partial charge in [-0.05, 0) is 69.9 Å². The molecule has 0 unspecified atom stereocenters. The molecule has 4 aromatic rings. The zero-order chi connectivity index (χ0) is 22.4. The second kappa shape index (κ2) is 7.73. The Hall–Kier alpha value is -3.77. The number of fused-ring (bicyclic) bond motifs is 2. The highest BCUT2D eigenvalue weighted by Crippen LogP contribution is 2.32. The first kappa shape index (κ1) is 20.2. The van der Waals surface area contributed by atoms with Crippen LogP contribution in [0, 0.1) is 6.92 Å². The first-order chi connectivity index (χ1) is 15.4. The summed E-state index contributed by atoms with van der Waals surface area (Å²) in [5, 5.41) is 6.14. The van der Waals surface area contributed by atoms with Crippen molar-refractivity contribution in [2.24, 2.45) is 0 Å². The number of nitrogens with zero attached hydrogens (tertiary/aromatic N) is 1. The Kier molecular flexibility index (Phi) is 4.87. The molecule has 1 fully saturated rings. The lowest BCUT2D eigenvalue weighted by molar-refractivity contribution is -0.122. The van der Waals surface area contributed by atoms with Crippen molar-refractivity contribution in [3.63, 3.8) is 0 Å². The van der Waals surface area contributed by atoms with Crippen molar-refractivity contribution in [1.29, 1.82) is 0 Å². The van der Waals surface area contributed by atoms with Gasteiger partial charge < -0.3 is 0 Å². The van der Waals surface area contributed by atoms with Crippen LogP contribution < -0.4 is 10.2 Å². The van der Waals surface area contributed by atoms with Gasteiger partial charge in [-0.2, -0.15) is 0 Å². The minimum absolute atomic E-state index is 0.0910. The van der Waals surface area contributed by atoms with Crippen molar-refractivity contribution < 1.29 is 14.4 Å². The molecule has 1 heterocycles. The molecule has 1 aliphatic heterocycles. The fraction of sp³-hybridized carbons (Fsp3) is 0.0385. The second-order valence-electron chi connectivity index (χ2n) is 7.62. The van der Waals surface area contributed by atoms with Crippen LogP contribution in [0.3, 0.4) is 0 Å². The summed E-state index contributed by atoms with van der Waals surface area (Å²) in [6, 6.07) is 22.1. The predicted molar refractivity (Wildman–Crippen MR) is 129 cm³/mol. The van der Waals surface area contributed by atoms with Crippen LogP contribution in [-0.2, 0) is 9.59 Å². The lowest BCUT2D eigenvalue weighted by Crippen LogP contribution is -2.54. The minimum atomic E-state index is -0.762. The number of nitrogens with one attached hydrogen (secondary N) is 1. The molecule has 5 rings (SSSR count). The summed E-state index contributed by atoms with van der Waals surface area (Å²) in [7, 11) is 0. The van der Waals surface area contributed by atoms with Gasteiger partial charge in [-0.1, -0.05) is 64.5 Å². The van der Waals surface area contributed by atoms with Crippen LogP contribution in [0.15, 0.2) is 82.8 Å². The van der Waals surface area contributed by atoms with Crippen molar-refractivity contribution in [3.05, 3.63) is 94.0 Å². The fourth-order valence-electron chi connectivity index (χ4n) is 4.01. The molecule has 0 aliphatic carbocycles. The second-order valence-corrected chi connectivity index (χ2v) is 8.48. The Morgan fingerprint density at radius 2 is 1.47 bits per heavy atom. The molecule has 0 aromatic heterocycles. The van der Waals surface area contributed by atoms with Crippen molar-refractivity contribution in [1.82, 2.24) is 5.32 Å². The highest BCUT2D eigenvalue weighted by molar-refractivity contribution is 9.10. The van der Waals surface area contributed by atoms with E-state index < -0.39 is 17.8 Å². The van der Waals surface area contributed by atoms with Gasteiger partial charge >= 0.3 is 6.03 Å². The molecule has 1 N–H and O–H groups in total. The van der Waals surface area contributed by atoms with E-state index in [2.05, 4.69) is 27.3 Å². The van der Waals surface area contributed by atoms with E-state index in [1.807, 2.05) is 55.5 Å². The number of carbonyl (C=O) groups is 3. The van der Waals surface area contributed by atoms with Crippen LogP contribution in [-0.4, -0.2) is 17.8 Å². The van der Waals surface area contributed by atoms with E-state index in [0.29, 0.717) is 5.69 Å². The van der Waals surface area contributed by atoms with E-state index in [-0.39, 0.29) is 5.57 Å². The van der Waals surface area contributed by atoms with Crippen LogP contribution in [0.4, 0.5) is 10.5 Å². The van der Waals surface area contributed by atoms with Crippen LogP contribution >= 0.6 is 15.9 Å². The zero-order valence-electron chi connectivity index (χ0n) is 17.1. The maximum absolute atomic E-state index is 13.4. The molecule has 1 aliphatic rings. The molecular weight excluding hydrogens is 468 g/mol. The highest BCUT2D eigenvalue weighted by Gasteiger charge is 2.37. The molecule has 1 saturated heterocycles. The van der Waals surface area contributed by atoms with E-state index in [0.717, 1.165) is 42.0 Å². The van der Waals surface area contributed by atoms with Gasteiger partial charge in [0, 0.05) is 4.47 Å². The van der Waals surface area contributed by atoms with E-state index in [4.69, 9.17) is 0 Å². The summed E-state index contributed by atoms with van der Waals surface area (Å²) in [6.45, 7) is 1.87. The first-order valence-corrected chi connectivity index (χ1v) is 10.8. The number of urea groups is 1. The molecule has 156 valence electrons. The fourth-order valence-corrected chi connectivity index (χ4v) is 4.26. The molecule has 0 radical (unpaired) electrons. The van der Waals surface area contributed by atoms with Gasteiger partial charge in [-0.3, -0.25) is 14.9 Å². The Bertz CT molecular complexity index is 1440. The number of benzene rings is 4. The number of halogens is 1. The number of amides is 4. The van der Waals surface area contributed by atoms with Crippen molar-refractivity contribution in [2.75, 3.05) is 4.90 Å². The van der Waals surface area contributed by atoms with E-state index >= 15 is 0 Å². The highest BCUT2D eigenvalue weighted by atomic mass is 79.9. The third-order valence-electron chi connectivity index (χ3n) is 5.60. The van der Waals surface area contributed by atoms with E-state index in [1.165, 1.54) is 0 Å². The largest absolute Gasteiger partial charge is 0.335 e. The van der Waals surface area contributed by atoms with E-state index in [1.54, 1.807) is 24.3 Å². The predicted octanol–water partition coefficient (Wildman–Crippen LogP) is 5.73. The van der Waals surface area contributed by atoms with Gasteiger partial charge in [0.15, 0.2) is 0 Å². The summed E-state index contributed by atoms with van der Waals surface area (Å²) in [5.74, 6) is -1.36. The number of hydrogen-bond acceptors (Lipinski definition) is 3. The third kappa shape index (κ3) is 3.29. The molecular formula is C26H17BrN2O3. The molecule has 0 spiro atoms. The van der Waals surface area contributed by atoms with Gasteiger partial charge in [-0.15, -0.1) is 0 Å². The molecule has 4 aromatic carbocycles. The van der Waals surface area contributed by atoms with Crippen molar-refractivity contribution >= 4 is 67.1 Å². The quantitative estimate of drug-likeness (QED) is 0.224. The summed E-state index contributed by atoms with van der Waals surface area (Å²) in [6.07, 6.45) is 1.59. The number of imide groups is 2. The molecule has 32 heavy (non-hydrogen) atoms. The molecule has 4 amide bonds. The lowest BCUT2D eigenvalue weighted by Gasteiger charge is -2.27. The average Bonchev–Trinajstić information content (AvgIpc) is 2.78. The van der Waals surface area contributed by atoms with Crippen LogP contribution in [0.25, 0.3) is 27.6 Å². The average molecular weight is 485 g/mol. The molecule has 0 saturated carbocycles. The normalized spacial score (nSPS) is 15.6. The summed E-state index contributed by atoms with van der Waals surface area (Å²) in [5.41, 5.74) is 1.94. The molecule has 0 atom stereocenters. The summed E-state index contributed by atoms with van der Waals surface area (Å²) in [4.78, 5) is 39.7. The lowest BCUT2D eigenvalue weighted by atomic mass is 9.94. The molecule has 6 heteroatoms. The summed E-state index contributed by atoms with van der Waals surface area (Å²) < 4.78 is 0.861. The number of hydrogen-bond donors (Lipinski definition) is 1. The first-order valence-electron chi connectivity index (χ1n) is 10.0. The Labute approximate surface area is 192 Å². The van der Waals surface area contributed by atoms with Gasteiger partial charge in [0.1, 0.15) is 5.57 Å². The van der Waals surface area contributed by atoms with Gasteiger partial charge in [0.05, 0.1) is 5.69 Å². The van der Waals surface area contributed by atoms with Crippen LogP contribution in [0.1, 0.15) is 11.1 Å². The number of rotatable bonds is 2. The van der Waals surface area contributed by atoms with Crippen LogP contribution in [0.5, 0.6) is 0 Å². The Morgan fingerprint density at radius 3 is 2.09 bits per heavy atom. The third-order valence-corrected chi connectivity index (χ3v) is 6.49. The molecule has 5 nitrogen and oxygen atoms in total. The maximum Gasteiger partial charge on any atom is 0.335 e. The number of barbiturate groups is 1. The van der Waals surface area contributed by atoms with E-state index in [9.17, 15) is 14.4 Å². The number of anilines is 1. The number of carbonyl (C=O) groups excluding carboxylic acids is 3. The van der Waals surface area contributed by atoms with Gasteiger partial charge in [-0.25, -0.2) is 9.69 Å². The SMILES string of the molecule is Cc1cc(N2C(=O)NC(=O)/C(=C\c3c4ccccc4cc4ccccc34)C2=O)ccc1Br. The smallest absolute Gasteiger partial charge is 0.273 e. The molecule has 0 bridgehead atoms. The zero-order valence-corrected chi connectivity index (χ0v) is 18.6. The standard InChI is InChI=1S/C26H17BrN2O3/c1-15-12-18(10-11-23(15)27)29-25(31)22(24(30)28-26(29)32)14-21-19-8-4-2-6-16(19)13-17-7-3-5-9-20(17)21/h2-14H,1H3,(H,28,30,32)/b22-14+. The van der Waals surface area contributed by atoms with Gasteiger partial charge in [0.2, 0.25) is 0 Å². The van der Waals surface area contributed by atoms with Crippen LogP contribution in [0.2, 0.25) is 0 Å². The van der Waals surface area contributed by atoms with Crippen molar-refractivity contribution in [3.8, 4) is 0 Å².